The summed E-state index contributed by atoms with van der Waals surface area (Å²) in [6.07, 6.45) is -0.894. The Balaban J connectivity index is 1.48. The van der Waals surface area contributed by atoms with Gasteiger partial charge in [0.2, 0.25) is 6.79 Å². The second-order valence-electron chi connectivity index (χ2n) is 5.29. The van der Waals surface area contributed by atoms with E-state index in [-0.39, 0.29) is 12.5 Å². The van der Waals surface area contributed by atoms with Crippen LogP contribution in [0.15, 0.2) is 53.4 Å². The molecule has 1 amide bonds. The minimum Gasteiger partial charge on any atom is -0.454 e. The fourth-order valence-corrected chi connectivity index (χ4v) is 2.86. The summed E-state index contributed by atoms with van der Waals surface area (Å²) < 4.78 is 15.6. The van der Waals surface area contributed by atoms with Crippen molar-refractivity contribution in [2.75, 3.05) is 17.9 Å². The van der Waals surface area contributed by atoms with Gasteiger partial charge in [-0.05, 0) is 31.2 Å². The van der Waals surface area contributed by atoms with Crippen LogP contribution in [0, 0.1) is 0 Å². The number of esters is 1. The van der Waals surface area contributed by atoms with Gasteiger partial charge in [-0.3, -0.25) is 9.59 Å². The Morgan fingerprint density at radius 2 is 1.92 bits per heavy atom. The van der Waals surface area contributed by atoms with Crippen molar-refractivity contribution in [1.82, 2.24) is 0 Å². The maximum Gasteiger partial charge on any atom is 0.317 e. The maximum atomic E-state index is 12.2. The number of amides is 1. The van der Waals surface area contributed by atoms with Gasteiger partial charge in [0, 0.05) is 16.6 Å². The molecule has 1 heterocycles. The highest BCUT2D eigenvalue weighted by molar-refractivity contribution is 8.00. The smallest absolute Gasteiger partial charge is 0.317 e. The predicted molar refractivity (Wildman–Crippen MR) is 93.9 cm³/mol. The molecule has 1 N–H and O–H groups in total. The van der Waals surface area contributed by atoms with E-state index in [0.29, 0.717) is 17.2 Å². The number of fused-ring (bicyclic) bond motifs is 1. The molecule has 0 bridgehead atoms. The first-order chi connectivity index (χ1) is 12.1. The van der Waals surface area contributed by atoms with Crippen molar-refractivity contribution in [3.8, 4) is 11.5 Å². The van der Waals surface area contributed by atoms with Crippen molar-refractivity contribution in [1.29, 1.82) is 0 Å². The fourth-order valence-electron chi connectivity index (χ4n) is 2.16. The van der Waals surface area contributed by atoms with Gasteiger partial charge >= 0.3 is 5.97 Å². The summed E-state index contributed by atoms with van der Waals surface area (Å²) in [5.41, 5.74) is 0.552. The molecule has 1 aliphatic heterocycles. The summed E-state index contributed by atoms with van der Waals surface area (Å²) >= 11 is 1.36. The highest BCUT2D eigenvalue weighted by atomic mass is 32.2. The molecule has 0 unspecified atom stereocenters. The molecule has 0 saturated heterocycles. The van der Waals surface area contributed by atoms with Crippen LogP contribution in [-0.4, -0.2) is 30.5 Å². The molecule has 3 rings (SSSR count). The van der Waals surface area contributed by atoms with Crippen molar-refractivity contribution in [3.05, 3.63) is 48.5 Å². The average molecular weight is 359 g/mol. The van der Waals surface area contributed by atoms with Gasteiger partial charge < -0.3 is 19.5 Å². The number of rotatable bonds is 6. The molecule has 130 valence electrons. The van der Waals surface area contributed by atoms with Crippen molar-refractivity contribution in [3.63, 3.8) is 0 Å². The van der Waals surface area contributed by atoms with Crippen LogP contribution in [0.25, 0.3) is 0 Å². The van der Waals surface area contributed by atoms with Gasteiger partial charge in [0.1, 0.15) is 0 Å². The number of carbonyl (C=O) groups is 2. The van der Waals surface area contributed by atoms with Gasteiger partial charge in [-0.25, -0.2) is 0 Å². The van der Waals surface area contributed by atoms with Crippen LogP contribution >= 0.6 is 11.8 Å². The summed E-state index contributed by atoms with van der Waals surface area (Å²) in [6.45, 7) is 1.70. The van der Waals surface area contributed by atoms with Crippen LogP contribution in [0.2, 0.25) is 0 Å². The molecule has 1 atom stereocenters. The third-order valence-corrected chi connectivity index (χ3v) is 4.40. The third-order valence-electron chi connectivity index (χ3n) is 3.42. The minimum absolute atomic E-state index is 0.145. The molecule has 25 heavy (non-hydrogen) atoms. The van der Waals surface area contributed by atoms with E-state index in [1.54, 1.807) is 18.2 Å². The average Bonchev–Trinajstić information content (AvgIpc) is 3.08. The summed E-state index contributed by atoms with van der Waals surface area (Å²) in [5.74, 6) is 0.502. The van der Waals surface area contributed by atoms with Crippen LogP contribution in [0.1, 0.15) is 6.92 Å². The maximum absolute atomic E-state index is 12.2. The Morgan fingerprint density at radius 1 is 1.16 bits per heavy atom. The first-order valence-corrected chi connectivity index (χ1v) is 8.68. The standard InChI is InChI=1S/C18H17NO5S/c1-12(24-17(20)10-25-14-5-3-2-4-6-14)18(21)19-13-7-8-15-16(9-13)23-11-22-15/h2-9,12H,10-11H2,1H3,(H,19,21)/t12-/m1/s1. The number of ether oxygens (including phenoxy) is 3. The van der Waals surface area contributed by atoms with Crippen molar-refractivity contribution < 1.29 is 23.8 Å². The Bertz CT molecular complexity index is 765. The van der Waals surface area contributed by atoms with Crippen molar-refractivity contribution in [2.45, 2.75) is 17.9 Å². The molecule has 0 spiro atoms. The lowest BCUT2D eigenvalue weighted by Gasteiger charge is -2.13. The minimum atomic E-state index is -0.894. The van der Waals surface area contributed by atoms with E-state index in [0.717, 1.165) is 4.90 Å². The van der Waals surface area contributed by atoms with Gasteiger partial charge in [0.05, 0.1) is 5.75 Å². The van der Waals surface area contributed by atoms with Gasteiger partial charge in [0.15, 0.2) is 17.6 Å². The number of hydrogen-bond donors (Lipinski definition) is 1. The Kier molecular flexibility index (Phi) is 5.45. The second kappa shape index (κ2) is 7.94. The normalized spacial score (nSPS) is 13.2. The zero-order valence-corrected chi connectivity index (χ0v) is 14.4. The summed E-state index contributed by atoms with van der Waals surface area (Å²) in [5, 5.41) is 2.69. The molecule has 1 aliphatic rings. The van der Waals surface area contributed by atoms with Gasteiger partial charge in [-0.1, -0.05) is 18.2 Å². The molecule has 6 nitrogen and oxygen atoms in total. The molecule has 0 fully saturated rings. The number of nitrogens with one attached hydrogen (secondary N) is 1. The Morgan fingerprint density at radius 3 is 2.72 bits per heavy atom. The third kappa shape index (κ3) is 4.67. The quantitative estimate of drug-likeness (QED) is 0.631. The van der Waals surface area contributed by atoms with Crippen molar-refractivity contribution >= 4 is 29.3 Å². The van der Waals surface area contributed by atoms with Crippen molar-refractivity contribution in [2.24, 2.45) is 0 Å². The molecule has 2 aromatic carbocycles. The topological polar surface area (TPSA) is 73.9 Å². The molecule has 0 aromatic heterocycles. The van der Waals surface area contributed by atoms with E-state index in [1.165, 1.54) is 18.7 Å². The lowest BCUT2D eigenvalue weighted by Crippen LogP contribution is -2.30. The van der Waals surface area contributed by atoms with Crippen LogP contribution in [0.4, 0.5) is 5.69 Å². The molecule has 0 radical (unpaired) electrons. The highest BCUT2D eigenvalue weighted by Gasteiger charge is 2.19. The Hall–Kier alpha value is -2.67. The fraction of sp³-hybridized carbons (Fsp3) is 0.222. The number of carbonyl (C=O) groups excluding carboxylic acids is 2. The number of thioether (sulfide) groups is 1. The van der Waals surface area contributed by atoms with Gasteiger partial charge in [0.25, 0.3) is 5.91 Å². The molecule has 0 aliphatic carbocycles. The second-order valence-corrected chi connectivity index (χ2v) is 6.34. The molecule has 2 aromatic rings. The number of hydrogen-bond acceptors (Lipinski definition) is 6. The molecular weight excluding hydrogens is 342 g/mol. The monoisotopic (exact) mass is 359 g/mol. The Labute approximate surface area is 149 Å². The largest absolute Gasteiger partial charge is 0.454 e. The number of anilines is 1. The van der Waals surface area contributed by atoms with Crippen LogP contribution in [0.3, 0.4) is 0 Å². The van der Waals surface area contributed by atoms with Crippen LogP contribution in [0.5, 0.6) is 11.5 Å². The molecule has 7 heteroatoms. The SMILES string of the molecule is C[C@@H](OC(=O)CSc1ccccc1)C(=O)Nc1ccc2c(c1)OCO2. The highest BCUT2D eigenvalue weighted by Crippen LogP contribution is 2.34. The van der Waals surface area contributed by atoms with E-state index < -0.39 is 18.0 Å². The predicted octanol–water partition coefficient (Wildman–Crippen LogP) is 3.08. The van der Waals surface area contributed by atoms with Gasteiger partial charge in [-0.2, -0.15) is 0 Å². The first-order valence-electron chi connectivity index (χ1n) is 7.69. The summed E-state index contributed by atoms with van der Waals surface area (Å²) in [4.78, 5) is 25.0. The van der Waals surface area contributed by atoms with E-state index in [2.05, 4.69) is 5.32 Å². The summed E-state index contributed by atoms with van der Waals surface area (Å²) in [6, 6.07) is 14.6. The molecule has 0 saturated carbocycles. The van der Waals surface area contributed by atoms with Crippen LogP contribution in [-0.2, 0) is 14.3 Å². The van der Waals surface area contributed by atoms with Gasteiger partial charge in [-0.15, -0.1) is 11.8 Å². The van der Waals surface area contributed by atoms with E-state index in [4.69, 9.17) is 14.2 Å². The zero-order chi connectivity index (χ0) is 17.6. The first kappa shape index (κ1) is 17.2. The van der Waals surface area contributed by atoms with Crippen LogP contribution < -0.4 is 14.8 Å². The lowest BCUT2D eigenvalue weighted by molar-refractivity contribution is -0.150. The zero-order valence-electron chi connectivity index (χ0n) is 13.6. The van der Waals surface area contributed by atoms with E-state index >= 15 is 0 Å². The van der Waals surface area contributed by atoms with E-state index in [1.807, 2.05) is 30.3 Å². The summed E-state index contributed by atoms with van der Waals surface area (Å²) in [7, 11) is 0. The molecular formula is C18H17NO5S. The number of benzene rings is 2. The lowest BCUT2D eigenvalue weighted by atomic mass is 10.2. The van der Waals surface area contributed by atoms with E-state index in [9.17, 15) is 9.59 Å².